The van der Waals surface area contributed by atoms with Crippen LogP contribution in [0.25, 0.3) is 0 Å². The van der Waals surface area contributed by atoms with Crippen LogP contribution >= 0.6 is 11.7 Å². The molecular weight excluding hydrogens is 353 g/mol. The molecule has 0 saturated carbocycles. The molecule has 0 fully saturated rings. The molecule has 1 amide bonds. The molecule has 3 aromatic rings. The summed E-state index contributed by atoms with van der Waals surface area (Å²) in [4.78, 5) is 12.2. The fourth-order valence-electron chi connectivity index (χ4n) is 2.35. The first-order valence-electron chi connectivity index (χ1n) is 8.16. The third kappa shape index (κ3) is 4.64. The van der Waals surface area contributed by atoms with Gasteiger partial charge in [0, 0.05) is 12.1 Å². The molecule has 26 heavy (non-hydrogen) atoms. The van der Waals surface area contributed by atoms with E-state index in [1.165, 1.54) is 6.07 Å². The number of hydrogen-bond donors (Lipinski definition) is 1. The molecule has 0 aliphatic carbocycles. The average Bonchev–Trinajstić information content (AvgIpc) is 3.07. The summed E-state index contributed by atoms with van der Waals surface area (Å²) in [5.74, 6) is 0.196. The summed E-state index contributed by atoms with van der Waals surface area (Å²) >= 11 is 1.16. The summed E-state index contributed by atoms with van der Waals surface area (Å²) in [6, 6.07) is 13.4. The van der Waals surface area contributed by atoms with Crippen molar-refractivity contribution in [2.75, 3.05) is 6.54 Å². The Morgan fingerprint density at radius 3 is 2.62 bits per heavy atom. The van der Waals surface area contributed by atoms with Gasteiger partial charge in [0.1, 0.15) is 23.9 Å². The SMILES string of the molecule is Cc1nsnc1COc1ccc(C(=O)NCCc2ccccc2F)cc1. The molecule has 0 bridgehead atoms. The predicted molar refractivity (Wildman–Crippen MR) is 97.9 cm³/mol. The molecule has 0 aliphatic rings. The smallest absolute Gasteiger partial charge is 0.251 e. The quantitative estimate of drug-likeness (QED) is 0.690. The van der Waals surface area contributed by atoms with Crippen LogP contribution < -0.4 is 10.1 Å². The summed E-state index contributed by atoms with van der Waals surface area (Å²) in [6.07, 6.45) is 0.445. The zero-order valence-corrected chi connectivity index (χ0v) is 15.1. The minimum atomic E-state index is -0.256. The second-order valence-corrected chi connectivity index (χ2v) is 6.24. The predicted octanol–water partition coefficient (Wildman–Crippen LogP) is 3.54. The van der Waals surface area contributed by atoms with Crippen molar-refractivity contribution in [1.82, 2.24) is 14.1 Å². The maximum atomic E-state index is 13.5. The van der Waals surface area contributed by atoms with Crippen molar-refractivity contribution in [1.29, 1.82) is 0 Å². The molecule has 0 unspecified atom stereocenters. The fraction of sp³-hybridized carbons (Fsp3) is 0.211. The molecule has 0 spiro atoms. The van der Waals surface area contributed by atoms with Crippen LogP contribution in [0.4, 0.5) is 4.39 Å². The lowest BCUT2D eigenvalue weighted by atomic mass is 10.1. The van der Waals surface area contributed by atoms with Gasteiger partial charge in [0.25, 0.3) is 5.91 Å². The zero-order chi connectivity index (χ0) is 18.4. The number of aryl methyl sites for hydroxylation is 1. The Balaban J connectivity index is 1.49. The number of carbonyl (C=O) groups is 1. The topological polar surface area (TPSA) is 64.1 Å². The molecule has 3 rings (SSSR count). The van der Waals surface area contributed by atoms with Crippen molar-refractivity contribution in [2.24, 2.45) is 0 Å². The van der Waals surface area contributed by atoms with Crippen LogP contribution in [0.1, 0.15) is 27.3 Å². The van der Waals surface area contributed by atoms with E-state index in [1.807, 2.05) is 6.92 Å². The summed E-state index contributed by atoms with van der Waals surface area (Å²) < 4.78 is 27.4. The van der Waals surface area contributed by atoms with Gasteiger partial charge in [-0.25, -0.2) is 4.39 Å². The van der Waals surface area contributed by atoms with E-state index in [4.69, 9.17) is 4.74 Å². The van der Waals surface area contributed by atoms with Crippen LogP contribution in [-0.4, -0.2) is 21.2 Å². The minimum absolute atomic E-state index is 0.201. The lowest BCUT2D eigenvalue weighted by Gasteiger charge is -2.08. The number of carbonyl (C=O) groups excluding carboxylic acids is 1. The van der Waals surface area contributed by atoms with Gasteiger partial charge < -0.3 is 10.1 Å². The van der Waals surface area contributed by atoms with Crippen LogP contribution in [0, 0.1) is 12.7 Å². The standard InChI is InChI=1S/C19H18FN3O2S/c1-13-18(23-26-22-13)12-25-16-8-6-15(7-9-16)19(24)21-11-10-14-4-2-3-5-17(14)20/h2-9H,10-12H2,1H3,(H,21,24). The minimum Gasteiger partial charge on any atom is -0.487 e. The van der Waals surface area contributed by atoms with Gasteiger partial charge in [-0.05, 0) is 49.2 Å². The van der Waals surface area contributed by atoms with Crippen molar-refractivity contribution in [3.05, 3.63) is 76.9 Å². The Morgan fingerprint density at radius 2 is 1.92 bits per heavy atom. The second-order valence-electron chi connectivity index (χ2n) is 5.71. The molecule has 0 atom stereocenters. The molecule has 1 N–H and O–H groups in total. The molecule has 2 aromatic carbocycles. The molecule has 0 aliphatic heterocycles. The number of rotatable bonds is 7. The average molecular weight is 371 g/mol. The molecule has 1 heterocycles. The third-order valence-corrected chi connectivity index (χ3v) is 4.53. The Kier molecular flexibility index (Phi) is 5.91. The van der Waals surface area contributed by atoms with Crippen molar-refractivity contribution in [2.45, 2.75) is 20.0 Å². The largest absolute Gasteiger partial charge is 0.487 e. The van der Waals surface area contributed by atoms with Gasteiger partial charge in [0.2, 0.25) is 0 Å². The Bertz CT molecular complexity index is 881. The molecule has 7 heteroatoms. The normalized spacial score (nSPS) is 10.5. The Morgan fingerprint density at radius 1 is 1.15 bits per heavy atom. The summed E-state index contributed by atoms with van der Waals surface area (Å²) in [5.41, 5.74) is 2.78. The monoisotopic (exact) mass is 371 g/mol. The Hall–Kier alpha value is -2.80. The van der Waals surface area contributed by atoms with E-state index >= 15 is 0 Å². The fourth-order valence-corrected chi connectivity index (χ4v) is 2.90. The number of benzene rings is 2. The van der Waals surface area contributed by atoms with E-state index in [-0.39, 0.29) is 11.7 Å². The third-order valence-electron chi connectivity index (χ3n) is 3.88. The van der Waals surface area contributed by atoms with E-state index in [9.17, 15) is 9.18 Å². The van der Waals surface area contributed by atoms with Gasteiger partial charge in [-0.15, -0.1) is 0 Å². The molecule has 5 nitrogen and oxygen atoms in total. The van der Waals surface area contributed by atoms with E-state index in [1.54, 1.807) is 42.5 Å². The van der Waals surface area contributed by atoms with Gasteiger partial charge in [-0.2, -0.15) is 8.75 Å². The van der Waals surface area contributed by atoms with Crippen LogP contribution in [0.2, 0.25) is 0 Å². The van der Waals surface area contributed by atoms with E-state index in [0.717, 1.165) is 23.1 Å². The lowest BCUT2D eigenvalue weighted by molar-refractivity contribution is 0.0954. The van der Waals surface area contributed by atoms with Crippen molar-refractivity contribution in [3.8, 4) is 5.75 Å². The van der Waals surface area contributed by atoms with E-state index in [0.29, 0.717) is 36.4 Å². The zero-order valence-electron chi connectivity index (χ0n) is 14.2. The van der Waals surface area contributed by atoms with Crippen LogP contribution in [0.5, 0.6) is 5.75 Å². The van der Waals surface area contributed by atoms with Crippen molar-refractivity contribution < 1.29 is 13.9 Å². The highest BCUT2D eigenvalue weighted by atomic mass is 32.1. The number of ether oxygens (including phenoxy) is 1. The van der Waals surface area contributed by atoms with Crippen molar-refractivity contribution in [3.63, 3.8) is 0 Å². The number of amides is 1. The molecule has 0 saturated heterocycles. The highest BCUT2D eigenvalue weighted by Crippen LogP contribution is 2.15. The van der Waals surface area contributed by atoms with Crippen LogP contribution in [-0.2, 0) is 13.0 Å². The number of hydrogen-bond acceptors (Lipinski definition) is 5. The van der Waals surface area contributed by atoms with E-state index < -0.39 is 0 Å². The number of nitrogens with zero attached hydrogens (tertiary/aromatic N) is 2. The first-order valence-corrected chi connectivity index (χ1v) is 8.89. The number of nitrogens with one attached hydrogen (secondary N) is 1. The Labute approximate surface area is 155 Å². The van der Waals surface area contributed by atoms with Gasteiger partial charge in [-0.1, -0.05) is 18.2 Å². The highest BCUT2D eigenvalue weighted by Gasteiger charge is 2.08. The maximum Gasteiger partial charge on any atom is 0.251 e. The molecular formula is C19H18FN3O2S. The number of aromatic nitrogens is 2. The molecule has 1 aromatic heterocycles. The van der Waals surface area contributed by atoms with Gasteiger partial charge in [-0.3, -0.25) is 4.79 Å². The van der Waals surface area contributed by atoms with Crippen LogP contribution in [0.3, 0.4) is 0 Å². The van der Waals surface area contributed by atoms with E-state index in [2.05, 4.69) is 14.1 Å². The second kappa shape index (κ2) is 8.53. The highest BCUT2D eigenvalue weighted by molar-refractivity contribution is 6.99. The summed E-state index contributed by atoms with van der Waals surface area (Å²) in [7, 11) is 0. The lowest BCUT2D eigenvalue weighted by Crippen LogP contribution is -2.25. The maximum absolute atomic E-state index is 13.5. The van der Waals surface area contributed by atoms with Crippen molar-refractivity contribution >= 4 is 17.6 Å². The van der Waals surface area contributed by atoms with Gasteiger partial charge in [0.15, 0.2) is 0 Å². The van der Waals surface area contributed by atoms with Gasteiger partial charge in [0.05, 0.1) is 17.4 Å². The summed E-state index contributed by atoms with van der Waals surface area (Å²) in [6.45, 7) is 2.60. The molecule has 134 valence electrons. The molecule has 0 radical (unpaired) electrons. The first kappa shape index (κ1) is 18.0. The van der Waals surface area contributed by atoms with Gasteiger partial charge >= 0.3 is 0 Å². The first-order chi connectivity index (χ1) is 12.6. The number of halogens is 1. The summed E-state index contributed by atoms with van der Waals surface area (Å²) in [5, 5.41) is 2.79. The van der Waals surface area contributed by atoms with Crippen LogP contribution in [0.15, 0.2) is 48.5 Å².